The van der Waals surface area contributed by atoms with Gasteiger partial charge in [-0.25, -0.2) is 4.98 Å². The van der Waals surface area contributed by atoms with Crippen LogP contribution in [0.5, 0.6) is 0 Å². The van der Waals surface area contributed by atoms with E-state index in [9.17, 15) is 22.8 Å². The third kappa shape index (κ3) is 4.43. The number of aromatic nitrogens is 1. The fourth-order valence-electron chi connectivity index (χ4n) is 2.57. The molecule has 0 aliphatic heterocycles. The Morgan fingerprint density at radius 2 is 1.85 bits per heavy atom. The molecular weight excluding hydrogens is 379 g/mol. The molecule has 0 fully saturated rings. The Labute approximate surface area is 156 Å². The molecule has 140 valence electrons. The first-order chi connectivity index (χ1) is 12.7. The van der Waals surface area contributed by atoms with Crippen molar-refractivity contribution in [3.05, 3.63) is 53.0 Å². The van der Waals surface area contributed by atoms with Gasteiger partial charge < -0.3 is 11.1 Å². The van der Waals surface area contributed by atoms with Crippen molar-refractivity contribution in [1.29, 1.82) is 0 Å². The second kappa shape index (κ2) is 7.36. The first-order valence-electron chi connectivity index (χ1n) is 7.85. The molecule has 3 N–H and O–H groups in total. The fourth-order valence-corrected chi connectivity index (χ4v) is 3.56. The highest BCUT2D eigenvalue weighted by atomic mass is 32.1. The Kier molecular flexibility index (Phi) is 5.13. The van der Waals surface area contributed by atoms with E-state index in [2.05, 4.69) is 10.3 Å². The zero-order valence-electron chi connectivity index (χ0n) is 13.8. The van der Waals surface area contributed by atoms with Crippen LogP contribution < -0.4 is 11.1 Å². The first kappa shape index (κ1) is 18.8. The summed E-state index contributed by atoms with van der Waals surface area (Å²) in [6, 6.07) is 10.7. The molecule has 9 heteroatoms. The highest BCUT2D eigenvalue weighted by Gasteiger charge is 2.34. The Morgan fingerprint density at radius 3 is 2.48 bits per heavy atom. The number of primary amides is 1. The van der Waals surface area contributed by atoms with Crippen molar-refractivity contribution in [1.82, 2.24) is 10.3 Å². The number of benzene rings is 2. The lowest BCUT2D eigenvalue weighted by Crippen LogP contribution is -2.34. The molecule has 3 rings (SSSR count). The van der Waals surface area contributed by atoms with Crippen LogP contribution in [0.3, 0.4) is 0 Å². The predicted molar refractivity (Wildman–Crippen MR) is 96.0 cm³/mol. The molecule has 1 aromatic heterocycles. The van der Waals surface area contributed by atoms with Gasteiger partial charge >= 0.3 is 6.18 Å². The van der Waals surface area contributed by atoms with Crippen LogP contribution in [0.4, 0.5) is 13.2 Å². The molecule has 0 bridgehead atoms. The summed E-state index contributed by atoms with van der Waals surface area (Å²) in [7, 11) is 0. The monoisotopic (exact) mass is 393 g/mol. The Bertz CT molecular complexity index is 1000. The van der Waals surface area contributed by atoms with Crippen LogP contribution >= 0.6 is 11.3 Å². The Hall–Kier alpha value is -2.94. The van der Waals surface area contributed by atoms with Crippen LogP contribution in [0.25, 0.3) is 21.3 Å². The number of hydrogen-bond donors (Lipinski definition) is 2. The van der Waals surface area contributed by atoms with Gasteiger partial charge in [0.05, 0.1) is 28.7 Å². The van der Waals surface area contributed by atoms with Crippen LogP contribution in [0, 0.1) is 0 Å². The standard InChI is InChI=1S/C18H14F3N3O2S/c19-18(20,21)12-7-13-14(6-11(12)10-4-2-1-3-5-10)27-17(24-13)8-16(26)23-9-15(22)25/h1-7H,8-9H2,(H2,22,25)(H,23,26). The van der Waals surface area contributed by atoms with Crippen LogP contribution in [-0.4, -0.2) is 23.3 Å². The molecule has 0 spiro atoms. The van der Waals surface area contributed by atoms with E-state index < -0.39 is 23.6 Å². The van der Waals surface area contributed by atoms with Crippen molar-refractivity contribution in [3.63, 3.8) is 0 Å². The number of nitrogens with two attached hydrogens (primary N) is 1. The zero-order chi connectivity index (χ0) is 19.6. The number of nitrogens with one attached hydrogen (secondary N) is 1. The molecule has 0 aliphatic carbocycles. The minimum absolute atomic E-state index is 0.0592. The number of hydrogen-bond acceptors (Lipinski definition) is 4. The number of rotatable bonds is 5. The van der Waals surface area contributed by atoms with Crippen molar-refractivity contribution in [3.8, 4) is 11.1 Å². The van der Waals surface area contributed by atoms with Crippen LogP contribution in [0.2, 0.25) is 0 Å². The molecule has 5 nitrogen and oxygen atoms in total. The number of halogens is 3. The summed E-state index contributed by atoms with van der Waals surface area (Å²) in [5.41, 5.74) is 4.85. The van der Waals surface area contributed by atoms with E-state index in [1.165, 1.54) is 6.07 Å². The molecule has 0 saturated carbocycles. The molecule has 0 aliphatic rings. The molecule has 0 atom stereocenters. The van der Waals surface area contributed by atoms with Gasteiger partial charge in [-0.05, 0) is 23.3 Å². The van der Waals surface area contributed by atoms with Crippen LogP contribution in [0.15, 0.2) is 42.5 Å². The van der Waals surface area contributed by atoms with Crippen molar-refractivity contribution in [2.24, 2.45) is 5.73 Å². The maximum absolute atomic E-state index is 13.5. The highest BCUT2D eigenvalue weighted by molar-refractivity contribution is 7.18. The summed E-state index contributed by atoms with van der Waals surface area (Å²) in [6.45, 7) is -0.305. The number of carbonyl (C=O) groups excluding carboxylic acids is 2. The minimum atomic E-state index is -4.54. The second-order valence-electron chi connectivity index (χ2n) is 5.76. The van der Waals surface area contributed by atoms with Gasteiger partial charge in [0, 0.05) is 0 Å². The Morgan fingerprint density at radius 1 is 1.15 bits per heavy atom. The van der Waals surface area contributed by atoms with Gasteiger partial charge in [-0.2, -0.15) is 13.2 Å². The van der Waals surface area contributed by atoms with Crippen molar-refractivity contribution >= 4 is 33.4 Å². The molecule has 2 amide bonds. The summed E-state index contributed by atoms with van der Waals surface area (Å²) in [5, 5.41) is 2.67. The maximum atomic E-state index is 13.5. The van der Waals surface area contributed by atoms with E-state index in [0.29, 0.717) is 15.3 Å². The quantitative estimate of drug-likeness (QED) is 0.698. The van der Waals surface area contributed by atoms with E-state index in [0.717, 1.165) is 17.4 Å². The number of amides is 2. The molecule has 0 saturated heterocycles. The van der Waals surface area contributed by atoms with Gasteiger partial charge in [0.2, 0.25) is 11.8 Å². The lowest BCUT2D eigenvalue weighted by molar-refractivity contribution is -0.137. The number of thiazole rings is 1. The van der Waals surface area contributed by atoms with Crippen LogP contribution in [0.1, 0.15) is 10.6 Å². The largest absolute Gasteiger partial charge is 0.417 e. The lowest BCUT2D eigenvalue weighted by atomic mass is 9.99. The average Bonchev–Trinajstić information content (AvgIpc) is 3.00. The number of fused-ring (bicyclic) bond motifs is 1. The van der Waals surface area contributed by atoms with Crippen LogP contribution in [-0.2, 0) is 22.2 Å². The highest BCUT2D eigenvalue weighted by Crippen LogP contribution is 2.40. The SMILES string of the molecule is NC(=O)CNC(=O)Cc1nc2cc(C(F)(F)F)c(-c3ccccc3)cc2s1. The van der Waals surface area contributed by atoms with Crippen molar-refractivity contribution in [2.45, 2.75) is 12.6 Å². The number of nitrogens with zero attached hydrogens (tertiary/aromatic N) is 1. The number of alkyl halides is 3. The summed E-state index contributed by atoms with van der Waals surface area (Å²) >= 11 is 1.13. The molecule has 2 aromatic carbocycles. The van der Waals surface area contributed by atoms with E-state index in [-0.39, 0.29) is 24.0 Å². The van der Waals surface area contributed by atoms with E-state index in [1.54, 1.807) is 30.3 Å². The molecule has 0 radical (unpaired) electrons. The summed E-state index contributed by atoms with van der Waals surface area (Å²) in [4.78, 5) is 26.6. The van der Waals surface area contributed by atoms with Gasteiger partial charge in [-0.3, -0.25) is 9.59 Å². The van der Waals surface area contributed by atoms with Gasteiger partial charge in [0.15, 0.2) is 0 Å². The van der Waals surface area contributed by atoms with Crippen molar-refractivity contribution in [2.75, 3.05) is 6.54 Å². The van der Waals surface area contributed by atoms with Gasteiger partial charge in [0.25, 0.3) is 0 Å². The van der Waals surface area contributed by atoms with E-state index in [1.807, 2.05) is 0 Å². The van der Waals surface area contributed by atoms with E-state index in [4.69, 9.17) is 5.73 Å². The smallest absolute Gasteiger partial charge is 0.368 e. The fraction of sp³-hybridized carbons (Fsp3) is 0.167. The molecule has 27 heavy (non-hydrogen) atoms. The predicted octanol–water partition coefficient (Wildman–Crippen LogP) is 3.13. The van der Waals surface area contributed by atoms with Gasteiger partial charge in [-0.1, -0.05) is 30.3 Å². The minimum Gasteiger partial charge on any atom is -0.368 e. The molecule has 3 aromatic rings. The van der Waals surface area contributed by atoms with Gasteiger partial charge in [0.1, 0.15) is 5.01 Å². The average molecular weight is 393 g/mol. The second-order valence-corrected chi connectivity index (χ2v) is 6.87. The third-order valence-corrected chi connectivity index (χ3v) is 4.75. The van der Waals surface area contributed by atoms with Crippen molar-refractivity contribution < 1.29 is 22.8 Å². The lowest BCUT2D eigenvalue weighted by Gasteiger charge is -2.13. The zero-order valence-corrected chi connectivity index (χ0v) is 14.7. The van der Waals surface area contributed by atoms with Gasteiger partial charge in [-0.15, -0.1) is 11.3 Å². The summed E-state index contributed by atoms with van der Waals surface area (Å²) < 4.78 is 41.1. The molecular formula is C18H14F3N3O2S. The maximum Gasteiger partial charge on any atom is 0.417 e. The molecule has 1 heterocycles. The third-order valence-electron chi connectivity index (χ3n) is 3.73. The normalized spacial score (nSPS) is 11.5. The van der Waals surface area contributed by atoms with E-state index >= 15 is 0 Å². The summed E-state index contributed by atoms with van der Waals surface area (Å²) in [6.07, 6.45) is -4.68. The first-order valence-corrected chi connectivity index (χ1v) is 8.67. The molecule has 0 unspecified atom stereocenters. The number of carbonyl (C=O) groups is 2. The topological polar surface area (TPSA) is 85.1 Å². The Balaban J connectivity index is 1.99. The summed E-state index contributed by atoms with van der Waals surface area (Å²) in [5.74, 6) is -1.16.